The minimum Gasteiger partial charge on any atom is -0.371 e. The molecular formula is C15H22N2O. The third-order valence-corrected chi connectivity index (χ3v) is 3.65. The summed E-state index contributed by atoms with van der Waals surface area (Å²) in [6.45, 7) is 6.31. The van der Waals surface area contributed by atoms with E-state index in [4.69, 9.17) is 5.73 Å². The number of carbonyl (C=O) groups excluding carboxylic acids is 1. The van der Waals surface area contributed by atoms with Crippen molar-refractivity contribution in [3.8, 4) is 0 Å². The van der Waals surface area contributed by atoms with E-state index >= 15 is 0 Å². The molecule has 0 bridgehead atoms. The van der Waals surface area contributed by atoms with Crippen LogP contribution in [0.4, 0.5) is 5.69 Å². The van der Waals surface area contributed by atoms with E-state index < -0.39 is 0 Å². The van der Waals surface area contributed by atoms with E-state index in [1.54, 1.807) is 0 Å². The zero-order valence-corrected chi connectivity index (χ0v) is 11.3. The maximum Gasteiger partial charge on any atom is 0.250 e. The first-order valence-electron chi connectivity index (χ1n) is 6.78. The van der Waals surface area contributed by atoms with Crippen molar-refractivity contribution in [2.24, 2.45) is 5.73 Å². The summed E-state index contributed by atoms with van der Waals surface area (Å²) in [7, 11) is 0. The molecule has 0 radical (unpaired) electrons. The summed E-state index contributed by atoms with van der Waals surface area (Å²) in [5.74, 6) is 0.0941. The molecule has 0 unspecified atom stereocenters. The second-order valence-corrected chi connectivity index (χ2v) is 5.34. The molecule has 1 aromatic rings. The van der Waals surface area contributed by atoms with Crippen LogP contribution in [0.25, 0.3) is 0 Å². The van der Waals surface area contributed by atoms with E-state index in [1.807, 2.05) is 6.07 Å². The van der Waals surface area contributed by atoms with Gasteiger partial charge < -0.3 is 10.6 Å². The smallest absolute Gasteiger partial charge is 0.250 e. The summed E-state index contributed by atoms with van der Waals surface area (Å²) in [4.78, 5) is 13.9. The van der Waals surface area contributed by atoms with Gasteiger partial charge in [0.2, 0.25) is 0 Å². The zero-order valence-electron chi connectivity index (χ0n) is 11.3. The number of hydrogen-bond acceptors (Lipinski definition) is 2. The molecule has 1 amide bonds. The van der Waals surface area contributed by atoms with Crippen molar-refractivity contribution >= 4 is 11.6 Å². The highest BCUT2D eigenvalue weighted by molar-refractivity contribution is 5.99. The summed E-state index contributed by atoms with van der Waals surface area (Å²) in [5.41, 5.74) is 8.37. The molecule has 2 rings (SSSR count). The average molecular weight is 246 g/mol. The van der Waals surface area contributed by atoms with Gasteiger partial charge in [-0.15, -0.1) is 0 Å². The first-order chi connectivity index (χ1) is 8.59. The molecule has 0 aliphatic carbocycles. The molecule has 0 atom stereocenters. The largest absolute Gasteiger partial charge is 0.371 e. The maximum absolute atomic E-state index is 11.6. The van der Waals surface area contributed by atoms with Gasteiger partial charge in [0, 0.05) is 18.8 Å². The molecule has 1 aromatic carbocycles. The molecule has 3 heteroatoms. The Morgan fingerprint density at radius 1 is 1.22 bits per heavy atom. The Morgan fingerprint density at radius 2 is 1.89 bits per heavy atom. The van der Waals surface area contributed by atoms with Crippen LogP contribution in [0, 0.1) is 0 Å². The Kier molecular flexibility index (Phi) is 3.90. The van der Waals surface area contributed by atoms with Gasteiger partial charge >= 0.3 is 0 Å². The molecule has 1 fully saturated rings. The lowest BCUT2D eigenvalue weighted by Gasteiger charge is -2.30. The van der Waals surface area contributed by atoms with Crippen LogP contribution in [0.5, 0.6) is 0 Å². The highest BCUT2D eigenvalue weighted by Gasteiger charge is 2.18. The Hall–Kier alpha value is -1.51. The fraction of sp³-hybridized carbons (Fsp3) is 0.533. The topological polar surface area (TPSA) is 46.3 Å². The molecule has 98 valence electrons. The number of amides is 1. The van der Waals surface area contributed by atoms with Crippen LogP contribution in [-0.2, 0) is 0 Å². The average Bonchev–Trinajstić information content (AvgIpc) is 2.39. The van der Waals surface area contributed by atoms with Gasteiger partial charge in [-0.1, -0.05) is 19.9 Å². The van der Waals surface area contributed by atoms with Crippen LogP contribution in [0.15, 0.2) is 18.2 Å². The van der Waals surface area contributed by atoms with Crippen molar-refractivity contribution in [1.29, 1.82) is 0 Å². The molecule has 0 saturated carbocycles. The highest BCUT2D eigenvalue weighted by Crippen LogP contribution is 2.27. The fourth-order valence-electron chi connectivity index (χ4n) is 2.52. The molecule has 1 aliphatic rings. The van der Waals surface area contributed by atoms with Crippen LogP contribution < -0.4 is 10.6 Å². The van der Waals surface area contributed by atoms with Crippen LogP contribution in [0.1, 0.15) is 54.9 Å². The van der Waals surface area contributed by atoms with Crippen molar-refractivity contribution in [3.63, 3.8) is 0 Å². The second kappa shape index (κ2) is 5.42. The summed E-state index contributed by atoms with van der Waals surface area (Å²) in [6.07, 6.45) is 3.68. The van der Waals surface area contributed by atoms with E-state index in [2.05, 4.69) is 30.9 Å². The van der Waals surface area contributed by atoms with Crippen LogP contribution >= 0.6 is 0 Å². The van der Waals surface area contributed by atoms with Crippen molar-refractivity contribution in [2.45, 2.75) is 39.0 Å². The number of rotatable bonds is 3. The normalized spacial score (nSPS) is 16.1. The number of primary amides is 1. The summed E-state index contributed by atoms with van der Waals surface area (Å²) < 4.78 is 0. The van der Waals surface area contributed by atoms with Gasteiger partial charge in [-0.2, -0.15) is 0 Å². The van der Waals surface area contributed by atoms with E-state index in [1.165, 1.54) is 24.8 Å². The number of carbonyl (C=O) groups is 1. The predicted molar refractivity (Wildman–Crippen MR) is 75.1 cm³/mol. The Morgan fingerprint density at radius 3 is 2.44 bits per heavy atom. The SMILES string of the molecule is CC(C)c1ccc(N2CCCCC2)c(C(N)=O)c1. The lowest BCUT2D eigenvalue weighted by Crippen LogP contribution is -2.31. The van der Waals surface area contributed by atoms with Gasteiger partial charge in [0.15, 0.2) is 0 Å². The van der Waals surface area contributed by atoms with E-state index in [0.717, 1.165) is 18.8 Å². The summed E-state index contributed by atoms with van der Waals surface area (Å²) >= 11 is 0. The number of benzene rings is 1. The van der Waals surface area contributed by atoms with E-state index in [9.17, 15) is 4.79 Å². The monoisotopic (exact) mass is 246 g/mol. The Labute approximate surface area is 109 Å². The minimum absolute atomic E-state index is 0.321. The van der Waals surface area contributed by atoms with E-state index in [-0.39, 0.29) is 5.91 Å². The number of nitrogens with two attached hydrogens (primary N) is 1. The molecule has 2 N–H and O–H groups in total. The highest BCUT2D eigenvalue weighted by atomic mass is 16.1. The molecule has 0 aromatic heterocycles. The van der Waals surface area contributed by atoms with Gasteiger partial charge in [0.25, 0.3) is 5.91 Å². The number of hydrogen-bond donors (Lipinski definition) is 1. The number of piperidine rings is 1. The lowest BCUT2D eigenvalue weighted by atomic mass is 9.98. The zero-order chi connectivity index (χ0) is 13.1. The van der Waals surface area contributed by atoms with Gasteiger partial charge in [-0.25, -0.2) is 0 Å². The summed E-state index contributed by atoms with van der Waals surface area (Å²) in [6, 6.07) is 6.12. The fourth-order valence-corrected chi connectivity index (χ4v) is 2.52. The minimum atomic E-state index is -0.321. The third-order valence-electron chi connectivity index (χ3n) is 3.65. The van der Waals surface area contributed by atoms with Crippen LogP contribution in [0.3, 0.4) is 0 Å². The predicted octanol–water partition coefficient (Wildman–Crippen LogP) is 2.90. The molecule has 1 heterocycles. The lowest BCUT2D eigenvalue weighted by molar-refractivity contribution is 0.100. The Bertz CT molecular complexity index is 434. The van der Waals surface area contributed by atoms with Crippen molar-refractivity contribution < 1.29 is 4.79 Å². The Balaban J connectivity index is 2.36. The molecular weight excluding hydrogens is 224 g/mol. The quantitative estimate of drug-likeness (QED) is 0.891. The number of nitrogens with zero attached hydrogens (tertiary/aromatic N) is 1. The first-order valence-corrected chi connectivity index (χ1v) is 6.78. The van der Waals surface area contributed by atoms with E-state index in [0.29, 0.717) is 11.5 Å². The van der Waals surface area contributed by atoms with Crippen LogP contribution in [0.2, 0.25) is 0 Å². The standard InChI is InChI=1S/C15H22N2O/c1-11(2)12-6-7-14(13(10-12)15(16)18)17-8-4-3-5-9-17/h6-7,10-11H,3-5,8-9H2,1-2H3,(H2,16,18). The van der Waals surface area contributed by atoms with Crippen molar-refractivity contribution in [1.82, 2.24) is 0 Å². The molecule has 1 aliphatic heterocycles. The second-order valence-electron chi connectivity index (χ2n) is 5.34. The summed E-state index contributed by atoms with van der Waals surface area (Å²) in [5, 5.41) is 0. The molecule has 1 saturated heterocycles. The van der Waals surface area contributed by atoms with Gasteiger partial charge in [0.1, 0.15) is 0 Å². The van der Waals surface area contributed by atoms with Gasteiger partial charge in [0.05, 0.1) is 5.56 Å². The maximum atomic E-state index is 11.6. The van der Waals surface area contributed by atoms with Crippen molar-refractivity contribution in [2.75, 3.05) is 18.0 Å². The van der Waals surface area contributed by atoms with Crippen molar-refractivity contribution in [3.05, 3.63) is 29.3 Å². The molecule has 18 heavy (non-hydrogen) atoms. The first kappa shape index (κ1) is 12.9. The van der Waals surface area contributed by atoms with Gasteiger partial charge in [-0.05, 0) is 42.9 Å². The van der Waals surface area contributed by atoms with Crippen LogP contribution in [-0.4, -0.2) is 19.0 Å². The molecule has 3 nitrogen and oxygen atoms in total. The number of anilines is 1. The third kappa shape index (κ3) is 2.66. The van der Waals surface area contributed by atoms with Gasteiger partial charge in [-0.3, -0.25) is 4.79 Å². The molecule has 0 spiro atoms.